The van der Waals surface area contributed by atoms with Gasteiger partial charge < -0.3 is 10.6 Å². The number of benzene rings is 2. The maximum Gasteiger partial charge on any atom is 0.225 e. The number of nitrogens with zero attached hydrogens (tertiary/aromatic N) is 1. The van der Waals surface area contributed by atoms with E-state index in [1.807, 2.05) is 50.4 Å². The van der Waals surface area contributed by atoms with Crippen LogP contribution in [-0.4, -0.2) is 23.2 Å². The first-order valence-corrected chi connectivity index (χ1v) is 8.26. The number of amides is 1. The number of carbonyl (C=O) groups excluding carboxylic acids is 1. The molecule has 24 heavy (non-hydrogen) atoms. The molecule has 0 aliphatic rings. The maximum absolute atomic E-state index is 11.8. The zero-order valence-corrected chi connectivity index (χ0v) is 14.4. The average Bonchev–Trinajstić information content (AvgIpc) is 2.96. The van der Waals surface area contributed by atoms with Crippen LogP contribution >= 0.6 is 11.6 Å². The molecule has 0 fully saturated rings. The number of H-pyrrole nitrogens is 1. The summed E-state index contributed by atoms with van der Waals surface area (Å²) in [6.45, 7) is 1.97. The fourth-order valence-corrected chi connectivity index (χ4v) is 2.87. The van der Waals surface area contributed by atoms with Crippen molar-refractivity contribution in [1.82, 2.24) is 10.2 Å². The molecule has 0 radical (unpaired) electrons. The van der Waals surface area contributed by atoms with Crippen molar-refractivity contribution in [1.29, 1.82) is 0 Å². The Bertz CT molecular complexity index is 871. The van der Waals surface area contributed by atoms with Gasteiger partial charge in [0.15, 0.2) is 5.82 Å². The van der Waals surface area contributed by atoms with Crippen LogP contribution in [0.5, 0.6) is 0 Å². The highest BCUT2D eigenvalue weighted by molar-refractivity contribution is 6.34. The Morgan fingerprint density at radius 1 is 1.25 bits per heavy atom. The molecule has 0 unspecified atom stereocenters. The maximum atomic E-state index is 11.8. The van der Waals surface area contributed by atoms with Crippen molar-refractivity contribution < 1.29 is 4.79 Å². The lowest BCUT2D eigenvalue weighted by molar-refractivity contribution is -0.116. The lowest BCUT2D eigenvalue weighted by atomic mass is 10.0. The highest BCUT2D eigenvalue weighted by Crippen LogP contribution is 2.34. The molecule has 0 saturated heterocycles. The van der Waals surface area contributed by atoms with Gasteiger partial charge in [-0.2, -0.15) is 5.10 Å². The van der Waals surface area contributed by atoms with Gasteiger partial charge in [0.1, 0.15) is 0 Å². The Hall–Kier alpha value is -2.53. The predicted octanol–water partition coefficient (Wildman–Crippen LogP) is 4.66. The van der Waals surface area contributed by atoms with E-state index >= 15 is 0 Å². The third kappa shape index (κ3) is 3.21. The minimum atomic E-state index is -0.0410. The van der Waals surface area contributed by atoms with Gasteiger partial charge in [-0.05, 0) is 36.2 Å². The summed E-state index contributed by atoms with van der Waals surface area (Å²) in [5, 5.41) is 14.5. The molecule has 3 rings (SSSR count). The van der Waals surface area contributed by atoms with E-state index in [2.05, 4.69) is 20.8 Å². The lowest BCUT2D eigenvalue weighted by Gasteiger charge is -2.07. The lowest BCUT2D eigenvalue weighted by Crippen LogP contribution is -2.11. The first-order chi connectivity index (χ1) is 11.6. The summed E-state index contributed by atoms with van der Waals surface area (Å²) in [5.41, 5.74) is 3.74. The molecule has 0 bridgehead atoms. The normalized spacial score (nSPS) is 10.8. The second kappa shape index (κ2) is 6.93. The zero-order chi connectivity index (χ0) is 17.1. The van der Waals surface area contributed by atoms with Crippen LogP contribution in [0.15, 0.2) is 36.4 Å². The Morgan fingerprint density at radius 3 is 2.67 bits per heavy atom. The number of aromatic amines is 1. The Labute approximate surface area is 145 Å². The summed E-state index contributed by atoms with van der Waals surface area (Å²) < 4.78 is 0. The fraction of sp³-hybridized carbons (Fsp3) is 0.222. The van der Waals surface area contributed by atoms with Crippen LogP contribution in [-0.2, 0) is 4.79 Å². The van der Waals surface area contributed by atoms with Gasteiger partial charge in [0.05, 0.1) is 10.5 Å². The van der Waals surface area contributed by atoms with Crippen molar-refractivity contribution in [2.75, 3.05) is 17.7 Å². The number of hydrogen-bond acceptors (Lipinski definition) is 3. The molecule has 1 aromatic heterocycles. The van der Waals surface area contributed by atoms with E-state index in [9.17, 15) is 4.79 Å². The van der Waals surface area contributed by atoms with E-state index in [0.717, 1.165) is 34.1 Å². The minimum Gasteiger partial charge on any atom is -0.388 e. The smallest absolute Gasteiger partial charge is 0.225 e. The van der Waals surface area contributed by atoms with Crippen LogP contribution in [0.1, 0.15) is 19.8 Å². The number of rotatable bonds is 5. The molecule has 2 aromatic carbocycles. The van der Waals surface area contributed by atoms with E-state index in [1.54, 1.807) is 0 Å². The van der Waals surface area contributed by atoms with Gasteiger partial charge in [-0.3, -0.25) is 9.89 Å². The Morgan fingerprint density at radius 2 is 2.00 bits per heavy atom. The molecule has 5 nitrogen and oxygen atoms in total. The van der Waals surface area contributed by atoms with Crippen LogP contribution in [0.2, 0.25) is 5.02 Å². The van der Waals surface area contributed by atoms with Crippen molar-refractivity contribution in [3.63, 3.8) is 0 Å². The van der Waals surface area contributed by atoms with Gasteiger partial charge in [0.25, 0.3) is 0 Å². The van der Waals surface area contributed by atoms with Crippen LogP contribution in [0, 0.1) is 0 Å². The standard InChI is InChI=1S/C18H19ClN4O/c1-3-4-17(24)21-18-14-9-13(15(19)10-16(14)22-23-18)11-5-7-12(20-2)8-6-11/h5-10,20H,3-4H2,1-2H3,(H2,21,22,23,24). The highest BCUT2D eigenvalue weighted by Gasteiger charge is 2.13. The zero-order valence-electron chi connectivity index (χ0n) is 13.6. The molecule has 0 atom stereocenters. The molecule has 3 aromatic rings. The molecule has 0 aliphatic carbocycles. The van der Waals surface area contributed by atoms with Gasteiger partial charge in [-0.15, -0.1) is 0 Å². The summed E-state index contributed by atoms with van der Waals surface area (Å²) in [6, 6.07) is 11.8. The van der Waals surface area contributed by atoms with Gasteiger partial charge in [-0.1, -0.05) is 30.7 Å². The second-order valence-corrected chi connectivity index (χ2v) is 5.98. The Balaban J connectivity index is 2.02. The van der Waals surface area contributed by atoms with Gasteiger partial charge in [0, 0.05) is 30.1 Å². The van der Waals surface area contributed by atoms with Crippen molar-refractivity contribution in [3.05, 3.63) is 41.4 Å². The second-order valence-electron chi connectivity index (χ2n) is 5.58. The molecule has 124 valence electrons. The van der Waals surface area contributed by atoms with Crippen LogP contribution in [0.4, 0.5) is 11.5 Å². The fourth-order valence-electron chi connectivity index (χ4n) is 2.59. The predicted molar refractivity (Wildman–Crippen MR) is 99.6 cm³/mol. The van der Waals surface area contributed by atoms with E-state index < -0.39 is 0 Å². The number of halogens is 1. The number of fused-ring (bicyclic) bond motifs is 1. The molecule has 6 heteroatoms. The third-order valence-electron chi connectivity index (χ3n) is 3.87. The molecule has 0 spiro atoms. The number of aromatic nitrogens is 2. The van der Waals surface area contributed by atoms with Crippen LogP contribution < -0.4 is 10.6 Å². The Kier molecular flexibility index (Phi) is 4.71. The largest absolute Gasteiger partial charge is 0.388 e. The third-order valence-corrected chi connectivity index (χ3v) is 4.18. The molecular formula is C18H19ClN4O. The first-order valence-electron chi connectivity index (χ1n) is 7.88. The highest BCUT2D eigenvalue weighted by atomic mass is 35.5. The summed E-state index contributed by atoms with van der Waals surface area (Å²) in [5.74, 6) is 0.494. The summed E-state index contributed by atoms with van der Waals surface area (Å²) in [4.78, 5) is 11.8. The molecule has 1 heterocycles. The molecular weight excluding hydrogens is 324 g/mol. The number of carbonyl (C=O) groups is 1. The van der Waals surface area contributed by atoms with E-state index in [0.29, 0.717) is 17.3 Å². The summed E-state index contributed by atoms with van der Waals surface area (Å²) in [7, 11) is 1.88. The molecule has 3 N–H and O–H groups in total. The first kappa shape index (κ1) is 16.3. The van der Waals surface area contributed by atoms with Crippen molar-refractivity contribution in [2.24, 2.45) is 0 Å². The van der Waals surface area contributed by atoms with Gasteiger partial charge in [-0.25, -0.2) is 0 Å². The summed E-state index contributed by atoms with van der Waals surface area (Å²) >= 11 is 6.43. The average molecular weight is 343 g/mol. The van der Waals surface area contributed by atoms with Gasteiger partial charge >= 0.3 is 0 Å². The quantitative estimate of drug-likeness (QED) is 0.631. The van der Waals surface area contributed by atoms with Crippen LogP contribution in [0.25, 0.3) is 22.0 Å². The van der Waals surface area contributed by atoms with Crippen molar-refractivity contribution in [2.45, 2.75) is 19.8 Å². The summed E-state index contributed by atoms with van der Waals surface area (Å²) in [6.07, 6.45) is 1.27. The molecule has 0 saturated carbocycles. The van der Waals surface area contributed by atoms with Gasteiger partial charge in [0.2, 0.25) is 5.91 Å². The van der Waals surface area contributed by atoms with E-state index in [1.165, 1.54) is 0 Å². The topological polar surface area (TPSA) is 69.8 Å². The van der Waals surface area contributed by atoms with E-state index in [-0.39, 0.29) is 5.91 Å². The SMILES string of the molecule is CCCC(=O)Nc1n[nH]c2cc(Cl)c(-c3ccc(NC)cc3)cc12. The molecule has 1 amide bonds. The molecule has 0 aliphatic heterocycles. The van der Waals surface area contributed by atoms with Crippen molar-refractivity contribution >= 4 is 39.9 Å². The monoisotopic (exact) mass is 342 g/mol. The van der Waals surface area contributed by atoms with Crippen LogP contribution in [0.3, 0.4) is 0 Å². The van der Waals surface area contributed by atoms with Crippen molar-refractivity contribution in [3.8, 4) is 11.1 Å². The number of nitrogens with one attached hydrogen (secondary N) is 3. The minimum absolute atomic E-state index is 0.0410. The number of anilines is 2. The van der Waals surface area contributed by atoms with E-state index in [4.69, 9.17) is 11.6 Å². The number of hydrogen-bond donors (Lipinski definition) is 3.